The molecule has 0 unspecified atom stereocenters. The Morgan fingerprint density at radius 1 is 0.931 bits per heavy atom. The Kier molecular flexibility index (Phi) is 6.29. The summed E-state index contributed by atoms with van der Waals surface area (Å²) in [5, 5.41) is 0.487. The van der Waals surface area contributed by atoms with Crippen molar-refractivity contribution < 1.29 is 14.0 Å². The van der Waals surface area contributed by atoms with Crippen LogP contribution in [0.4, 0.5) is 4.39 Å². The van der Waals surface area contributed by atoms with Gasteiger partial charge >= 0.3 is 0 Å². The summed E-state index contributed by atoms with van der Waals surface area (Å²) in [5.74, 6) is -1.52. The number of amides is 2. The average molecular weight is 411 g/mol. The first-order valence-corrected chi connectivity index (χ1v) is 9.44. The standard InChI is InChI=1S/C23H20ClFN2O2/c1-15(18-8-5-9-20(25)14-18)27(23(29)17-10-12-19(24)13-11-17)21(22(26)28)16-6-3-2-4-7-16/h2-15,21H,1H3,(H2,26,28)/t15-,21-/m1/s1. The largest absolute Gasteiger partial charge is 0.368 e. The van der Waals surface area contributed by atoms with Gasteiger partial charge in [-0.1, -0.05) is 54.1 Å². The lowest BCUT2D eigenvalue weighted by Crippen LogP contribution is -2.43. The first kappa shape index (κ1) is 20.6. The van der Waals surface area contributed by atoms with Gasteiger partial charge in [0.25, 0.3) is 5.91 Å². The molecule has 0 aliphatic carbocycles. The van der Waals surface area contributed by atoms with Crippen molar-refractivity contribution in [1.29, 1.82) is 0 Å². The molecule has 3 aromatic rings. The number of nitrogens with zero attached hydrogens (tertiary/aromatic N) is 1. The number of halogens is 2. The summed E-state index contributed by atoms with van der Waals surface area (Å²) >= 11 is 5.94. The zero-order chi connectivity index (χ0) is 21.0. The summed E-state index contributed by atoms with van der Waals surface area (Å²) in [6.45, 7) is 1.74. The van der Waals surface area contributed by atoms with Crippen LogP contribution < -0.4 is 5.73 Å². The molecule has 0 aliphatic rings. The van der Waals surface area contributed by atoms with Gasteiger partial charge in [-0.2, -0.15) is 0 Å². The lowest BCUT2D eigenvalue weighted by molar-refractivity contribution is -0.123. The third-order valence-corrected chi connectivity index (χ3v) is 4.99. The molecule has 0 aromatic heterocycles. The molecule has 0 aliphatic heterocycles. The van der Waals surface area contributed by atoms with Crippen LogP contribution in [0, 0.1) is 5.82 Å². The van der Waals surface area contributed by atoms with E-state index in [1.54, 1.807) is 67.6 Å². The minimum absolute atomic E-state index is 0.347. The molecule has 0 bridgehead atoms. The van der Waals surface area contributed by atoms with Gasteiger partial charge in [0.1, 0.15) is 11.9 Å². The Morgan fingerprint density at radius 3 is 2.14 bits per heavy atom. The van der Waals surface area contributed by atoms with Crippen molar-refractivity contribution in [2.75, 3.05) is 0 Å². The van der Waals surface area contributed by atoms with Crippen LogP contribution in [0.25, 0.3) is 0 Å². The van der Waals surface area contributed by atoms with Crippen molar-refractivity contribution in [3.8, 4) is 0 Å². The highest BCUT2D eigenvalue weighted by Crippen LogP contribution is 2.33. The molecule has 3 rings (SSSR count). The van der Waals surface area contributed by atoms with Gasteiger partial charge in [-0.25, -0.2) is 4.39 Å². The van der Waals surface area contributed by atoms with Crippen molar-refractivity contribution in [2.45, 2.75) is 19.0 Å². The molecule has 3 aromatic carbocycles. The zero-order valence-corrected chi connectivity index (χ0v) is 16.5. The first-order chi connectivity index (χ1) is 13.9. The molecule has 2 N–H and O–H groups in total. The van der Waals surface area contributed by atoms with E-state index in [1.807, 2.05) is 6.07 Å². The Morgan fingerprint density at radius 2 is 1.55 bits per heavy atom. The Balaban J connectivity index is 2.12. The Hall–Kier alpha value is -3.18. The van der Waals surface area contributed by atoms with Gasteiger partial charge < -0.3 is 10.6 Å². The Labute approximate surface area is 173 Å². The predicted octanol–water partition coefficient (Wildman–Crippen LogP) is 4.91. The van der Waals surface area contributed by atoms with Crippen LogP contribution in [0.15, 0.2) is 78.9 Å². The van der Waals surface area contributed by atoms with Crippen LogP contribution in [0.1, 0.15) is 40.5 Å². The van der Waals surface area contributed by atoms with Crippen molar-refractivity contribution in [3.05, 3.63) is 106 Å². The van der Waals surface area contributed by atoms with Gasteiger partial charge in [-0.05, 0) is 54.4 Å². The zero-order valence-electron chi connectivity index (χ0n) is 15.8. The van der Waals surface area contributed by atoms with Crippen LogP contribution in [0.3, 0.4) is 0 Å². The number of hydrogen-bond donors (Lipinski definition) is 1. The molecule has 0 fully saturated rings. The van der Waals surface area contributed by atoms with E-state index in [9.17, 15) is 14.0 Å². The van der Waals surface area contributed by atoms with E-state index >= 15 is 0 Å². The quantitative estimate of drug-likeness (QED) is 0.627. The van der Waals surface area contributed by atoms with Gasteiger partial charge in [0.2, 0.25) is 5.91 Å². The summed E-state index contributed by atoms with van der Waals surface area (Å²) in [4.78, 5) is 27.3. The van der Waals surface area contributed by atoms with E-state index in [4.69, 9.17) is 17.3 Å². The second-order valence-corrected chi connectivity index (χ2v) is 7.10. The summed E-state index contributed by atoms with van der Waals surface area (Å²) in [6.07, 6.45) is 0. The predicted molar refractivity (Wildman–Crippen MR) is 111 cm³/mol. The third kappa shape index (κ3) is 4.63. The normalized spacial score (nSPS) is 12.8. The second-order valence-electron chi connectivity index (χ2n) is 6.67. The van der Waals surface area contributed by atoms with Crippen molar-refractivity contribution in [3.63, 3.8) is 0 Å². The molecule has 4 nitrogen and oxygen atoms in total. The number of hydrogen-bond acceptors (Lipinski definition) is 2. The van der Waals surface area contributed by atoms with Crippen LogP contribution in [0.5, 0.6) is 0 Å². The highest BCUT2D eigenvalue weighted by atomic mass is 35.5. The molecular weight excluding hydrogens is 391 g/mol. The maximum absolute atomic E-state index is 13.8. The van der Waals surface area contributed by atoms with E-state index in [-0.39, 0.29) is 0 Å². The van der Waals surface area contributed by atoms with Gasteiger partial charge in [0.05, 0.1) is 6.04 Å². The van der Waals surface area contributed by atoms with Crippen molar-refractivity contribution >= 4 is 23.4 Å². The van der Waals surface area contributed by atoms with E-state index in [0.717, 1.165) is 0 Å². The Bertz CT molecular complexity index is 1010. The SMILES string of the molecule is C[C@H](c1cccc(F)c1)N(C(=O)c1ccc(Cl)cc1)[C@@H](C(N)=O)c1ccccc1. The molecule has 2 amide bonds. The van der Waals surface area contributed by atoms with Crippen LogP contribution >= 0.6 is 11.6 Å². The summed E-state index contributed by atoms with van der Waals surface area (Å²) in [5.41, 5.74) is 7.20. The van der Waals surface area contributed by atoms with E-state index in [2.05, 4.69) is 0 Å². The molecule has 0 heterocycles. The van der Waals surface area contributed by atoms with Gasteiger partial charge in [0, 0.05) is 10.6 Å². The molecule has 0 saturated carbocycles. The molecule has 6 heteroatoms. The number of nitrogens with two attached hydrogens (primary N) is 1. The topological polar surface area (TPSA) is 63.4 Å². The molecule has 148 valence electrons. The smallest absolute Gasteiger partial charge is 0.255 e. The maximum atomic E-state index is 13.8. The van der Waals surface area contributed by atoms with Crippen LogP contribution in [-0.4, -0.2) is 16.7 Å². The fourth-order valence-corrected chi connectivity index (χ4v) is 3.41. The molecular formula is C23H20ClFN2O2. The number of carbonyl (C=O) groups excluding carboxylic acids is 2. The first-order valence-electron chi connectivity index (χ1n) is 9.06. The summed E-state index contributed by atoms with van der Waals surface area (Å²) in [7, 11) is 0. The summed E-state index contributed by atoms with van der Waals surface area (Å²) in [6, 6.07) is 19.5. The number of benzene rings is 3. The van der Waals surface area contributed by atoms with Gasteiger partial charge in [0.15, 0.2) is 0 Å². The number of rotatable bonds is 6. The number of carbonyl (C=O) groups is 2. The minimum Gasteiger partial charge on any atom is -0.368 e. The highest BCUT2D eigenvalue weighted by molar-refractivity contribution is 6.30. The number of primary amides is 1. The lowest BCUT2D eigenvalue weighted by Gasteiger charge is -2.35. The third-order valence-electron chi connectivity index (χ3n) is 4.74. The molecule has 0 saturated heterocycles. The molecule has 0 radical (unpaired) electrons. The van der Waals surface area contributed by atoms with Gasteiger partial charge in [-0.3, -0.25) is 9.59 Å². The van der Waals surface area contributed by atoms with E-state index in [1.165, 1.54) is 17.0 Å². The molecule has 0 spiro atoms. The average Bonchev–Trinajstić information content (AvgIpc) is 2.72. The second kappa shape index (κ2) is 8.88. The minimum atomic E-state index is -1.03. The van der Waals surface area contributed by atoms with Crippen LogP contribution in [-0.2, 0) is 4.79 Å². The van der Waals surface area contributed by atoms with Crippen molar-refractivity contribution in [1.82, 2.24) is 4.90 Å². The summed E-state index contributed by atoms with van der Waals surface area (Å²) < 4.78 is 13.8. The van der Waals surface area contributed by atoms with Crippen LogP contribution in [0.2, 0.25) is 5.02 Å². The lowest BCUT2D eigenvalue weighted by atomic mass is 9.98. The fourth-order valence-electron chi connectivity index (χ4n) is 3.28. The maximum Gasteiger partial charge on any atom is 0.255 e. The van der Waals surface area contributed by atoms with E-state index < -0.39 is 29.7 Å². The van der Waals surface area contributed by atoms with E-state index in [0.29, 0.717) is 21.7 Å². The molecule has 29 heavy (non-hydrogen) atoms. The molecule has 2 atom stereocenters. The van der Waals surface area contributed by atoms with Crippen molar-refractivity contribution in [2.24, 2.45) is 5.73 Å². The monoisotopic (exact) mass is 410 g/mol. The fraction of sp³-hybridized carbons (Fsp3) is 0.130. The highest BCUT2D eigenvalue weighted by Gasteiger charge is 2.34. The van der Waals surface area contributed by atoms with Gasteiger partial charge in [-0.15, -0.1) is 0 Å².